The molecule has 18 nitrogen and oxygen atoms in total. The van der Waals surface area contributed by atoms with Gasteiger partial charge in [-0.3, -0.25) is 47.4 Å². The number of aryl methyl sites for hydroxylation is 2. The lowest BCUT2D eigenvalue weighted by Crippen LogP contribution is -2.46. The minimum absolute atomic E-state index is 0.131. The second kappa shape index (κ2) is 30.4. The summed E-state index contributed by atoms with van der Waals surface area (Å²) in [5.74, 6) is -0.901. The van der Waals surface area contributed by atoms with E-state index in [1.807, 2.05) is 69.7 Å². The lowest BCUT2D eigenvalue weighted by Gasteiger charge is -2.32. The molecule has 12 aromatic rings. The number of hydrogen-bond acceptors (Lipinski definition) is 13. The van der Waals surface area contributed by atoms with Crippen molar-refractivity contribution in [3.05, 3.63) is 235 Å². The number of alkyl halides is 3. The molecule has 0 atom stereocenters. The SMILES string of the molecule is CC(=O)c1cnc2ccc(-c3cccnc3-c3cccc(C(F)(F)F)c3)cn12.Cc1cc(-c2ncccc2-c2ccc3ncc(C(=O)NCCCN4CCN(C)CC4)n3c2)ccc1F.Cc1cc(-c2ncccc2-c2ccc3ncc(C(=O)NCCN4CCN(C)CC4)n3c2)ccc1F. The van der Waals surface area contributed by atoms with Gasteiger partial charge in [0.1, 0.15) is 45.7 Å². The summed E-state index contributed by atoms with van der Waals surface area (Å²) in [5, 5.41) is 6.09. The van der Waals surface area contributed by atoms with Crippen molar-refractivity contribution >= 4 is 34.5 Å². The molecule has 2 N–H and O–H groups in total. The number of Topliss-reactive ketones (excluding diaryl/α,β-unsaturated/α-hetero) is 1. The molecule has 14 rings (SSSR count). The molecule has 23 heteroatoms. The van der Waals surface area contributed by atoms with Crippen molar-refractivity contribution < 1.29 is 36.3 Å². The number of carbonyl (C=O) groups is 3. The number of aromatic nitrogens is 9. The molecule has 2 aliphatic heterocycles. The number of pyridine rings is 6. The van der Waals surface area contributed by atoms with Crippen LogP contribution in [-0.4, -0.2) is 173 Å². The molecule has 2 amide bonds. The first-order valence-electron chi connectivity index (χ1n) is 32.7. The van der Waals surface area contributed by atoms with E-state index >= 15 is 0 Å². The third-order valence-corrected chi connectivity index (χ3v) is 17.9. The quantitative estimate of drug-likeness (QED) is 0.0531. The Balaban J connectivity index is 0.000000142. The fourth-order valence-corrected chi connectivity index (χ4v) is 12.2. The van der Waals surface area contributed by atoms with E-state index in [1.165, 1.54) is 37.5 Å². The van der Waals surface area contributed by atoms with Gasteiger partial charge in [0.25, 0.3) is 11.8 Å². The Morgan fingerprint density at radius 1 is 0.444 bits per heavy atom. The zero-order chi connectivity index (χ0) is 69.3. The highest BCUT2D eigenvalue weighted by atomic mass is 19.4. The van der Waals surface area contributed by atoms with Crippen LogP contribution < -0.4 is 10.6 Å². The van der Waals surface area contributed by atoms with Crippen LogP contribution in [0.15, 0.2) is 189 Å². The summed E-state index contributed by atoms with van der Waals surface area (Å²) >= 11 is 0. The van der Waals surface area contributed by atoms with Crippen molar-refractivity contribution in [2.24, 2.45) is 0 Å². The fourth-order valence-electron chi connectivity index (χ4n) is 12.2. The predicted octanol–water partition coefficient (Wildman–Crippen LogP) is 12.7. The van der Waals surface area contributed by atoms with Crippen molar-refractivity contribution in [2.45, 2.75) is 33.4 Å². The van der Waals surface area contributed by atoms with Crippen LogP contribution in [0.4, 0.5) is 22.0 Å². The number of hydrogen-bond donors (Lipinski definition) is 2. The van der Waals surface area contributed by atoms with Crippen LogP contribution in [0.3, 0.4) is 0 Å². The number of imidazole rings is 3. The van der Waals surface area contributed by atoms with Gasteiger partial charge in [-0.1, -0.05) is 30.3 Å². The molecule has 11 heterocycles. The number of halogens is 5. The molecule has 0 radical (unpaired) electrons. The summed E-state index contributed by atoms with van der Waals surface area (Å²) in [7, 11) is 4.28. The normalized spacial score (nSPS) is 14.0. The maximum Gasteiger partial charge on any atom is 0.416 e. The highest BCUT2D eigenvalue weighted by Gasteiger charge is 2.31. The Kier molecular flexibility index (Phi) is 20.9. The molecule has 0 bridgehead atoms. The molecule has 0 aliphatic carbocycles. The van der Waals surface area contributed by atoms with E-state index in [2.05, 4.69) is 74.2 Å². The molecule has 506 valence electrons. The van der Waals surface area contributed by atoms with Crippen LogP contribution >= 0.6 is 0 Å². The van der Waals surface area contributed by atoms with E-state index in [0.717, 1.165) is 129 Å². The van der Waals surface area contributed by atoms with Crippen LogP contribution in [0.1, 0.15) is 61.5 Å². The summed E-state index contributed by atoms with van der Waals surface area (Å²) < 4.78 is 72.3. The molecule has 0 saturated carbocycles. The molecular weight excluding hydrogens is 1270 g/mol. The van der Waals surface area contributed by atoms with E-state index in [9.17, 15) is 36.3 Å². The lowest BCUT2D eigenvalue weighted by atomic mass is 9.99. The molecule has 2 fully saturated rings. The van der Waals surface area contributed by atoms with Gasteiger partial charge in [0.05, 0.1) is 41.2 Å². The number of rotatable bonds is 16. The highest BCUT2D eigenvalue weighted by Crippen LogP contribution is 2.37. The minimum Gasteiger partial charge on any atom is -0.351 e. The minimum atomic E-state index is -4.43. The van der Waals surface area contributed by atoms with Crippen molar-refractivity contribution in [1.82, 2.24) is 73.3 Å². The van der Waals surface area contributed by atoms with E-state index < -0.39 is 11.7 Å². The highest BCUT2D eigenvalue weighted by molar-refractivity contribution is 5.95. The van der Waals surface area contributed by atoms with Gasteiger partial charge >= 0.3 is 6.18 Å². The van der Waals surface area contributed by atoms with Crippen LogP contribution in [0.2, 0.25) is 0 Å². The van der Waals surface area contributed by atoms with Crippen molar-refractivity contribution in [3.8, 4) is 67.2 Å². The van der Waals surface area contributed by atoms with Crippen LogP contribution in [-0.2, 0) is 6.18 Å². The summed E-state index contributed by atoms with van der Waals surface area (Å²) in [4.78, 5) is 73.7. The number of benzene rings is 3. The van der Waals surface area contributed by atoms with Gasteiger partial charge in [0.2, 0.25) is 0 Å². The van der Waals surface area contributed by atoms with Gasteiger partial charge in [-0.05, 0) is 155 Å². The van der Waals surface area contributed by atoms with Gasteiger partial charge < -0.3 is 25.3 Å². The van der Waals surface area contributed by atoms with Gasteiger partial charge in [0.15, 0.2) is 5.78 Å². The van der Waals surface area contributed by atoms with Crippen molar-refractivity contribution in [2.75, 3.05) is 92.6 Å². The molecule has 2 aliphatic rings. The van der Waals surface area contributed by atoms with Crippen molar-refractivity contribution in [1.29, 1.82) is 0 Å². The molecule has 3 aromatic carbocycles. The Morgan fingerprint density at radius 2 is 0.838 bits per heavy atom. The average molecular weight is 1340 g/mol. The zero-order valence-corrected chi connectivity index (χ0v) is 55.5. The van der Waals surface area contributed by atoms with Crippen molar-refractivity contribution in [3.63, 3.8) is 0 Å². The monoisotopic (exact) mass is 1340 g/mol. The molecule has 0 unspecified atom stereocenters. The Labute approximate surface area is 569 Å². The Hall–Kier alpha value is -10.7. The summed E-state index contributed by atoms with van der Waals surface area (Å²) in [6.07, 6.45) is 11.8. The predicted molar refractivity (Wildman–Crippen MR) is 373 cm³/mol. The van der Waals surface area contributed by atoms with Gasteiger partial charge in [0, 0.05) is 166 Å². The number of nitrogens with zero attached hydrogens (tertiary/aromatic N) is 13. The van der Waals surface area contributed by atoms with Crippen LogP contribution in [0.5, 0.6) is 0 Å². The Morgan fingerprint density at radius 3 is 1.26 bits per heavy atom. The first-order chi connectivity index (χ1) is 47.8. The first kappa shape index (κ1) is 68.2. The van der Waals surface area contributed by atoms with Gasteiger partial charge in [-0.2, -0.15) is 13.2 Å². The van der Waals surface area contributed by atoms with E-state index in [4.69, 9.17) is 0 Å². The van der Waals surface area contributed by atoms with Crippen LogP contribution in [0.25, 0.3) is 84.1 Å². The van der Waals surface area contributed by atoms with Gasteiger partial charge in [-0.25, -0.2) is 23.7 Å². The molecule has 0 spiro atoms. The number of likely N-dealkylation sites (N-methyl/N-ethyl adjacent to an activating group) is 2. The second-order valence-electron chi connectivity index (χ2n) is 24.8. The number of amides is 2. The number of piperazine rings is 2. The molecular formula is C76H74F5N15O3. The molecule has 2 saturated heterocycles. The molecule has 99 heavy (non-hydrogen) atoms. The maximum atomic E-state index is 13.8. The van der Waals surface area contributed by atoms with E-state index in [1.54, 1.807) is 104 Å². The number of ketones is 1. The number of nitrogens with one attached hydrogen (secondary N) is 2. The third-order valence-electron chi connectivity index (χ3n) is 17.9. The van der Waals surface area contributed by atoms with Gasteiger partial charge in [-0.15, -0.1) is 0 Å². The largest absolute Gasteiger partial charge is 0.416 e. The first-order valence-corrected chi connectivity index (χ1v) is 32.7. The lowest BCUT2D eigenvalue weighted by molar-refractivity contribution is -0.137. The van der Waals surface area contributed by atoms with E-state index in [-0.39, 0.29) is 29.2 Å². The van der Waals surface area contributed by atoms with Crippen LogP contribution in [0, 0.1) is 25.5 Å². The standard InChI is InChI=1S/C28H31FN6O.C27H29FN6O.C21H14F3N3O/c1-20-17-21(6-8-24(20)29)27-23(5-3-10-30-27)22-7-9-26-32-18-25(35(26)19-22)28(36)31-11-4-12-34-15-13-33(2)14-16-34;1-19-16-20(5-7-23(19)28)26-22(4-3-9-29-26)21-6-8-25-31-17-24(34(25)18-21)27(35)30-10-11-33-14-12-32(2)13-15-33;1-13(28)18-11-26-19-8-7-15(12-27(18)19)17-6-3-9-25-20(17)14-4-2-5-16(10-14)21(22,23)24/h3,5-10,17-19H,4,11-16H2,1-2H3,(H,31,36);3-9,16-18H,10-15H2,1-2H3,(H,30,35);2-12H,1H3. The zero-order valence-electron chi connectivity index (χ0n) is 55.5. The molecule has 9 aromatic heterocycles. The topological polar surface area (TPSA) is 179 Å². The average Bonchev–Trinajstić information content (AvgIpc) is 1.76. The Bertz CT molecular complexity index is 4900. The smallest absolute Gasteiger partial charge is 0.351 e. The summed E-state index contributed by atoms with van der Waals surface area (Å²) in [6, 6.07) is 37.6. The second-order valence-corrected chi connectivity index (χ2v) is 24.8. The third kappa shape index (κ3) is 16.0. The number of carbonyl (C=O) groups excluding carboxylic acids is 3. The van der Waals surface area contributed by atoms with E-state index in [0.29, 0.717) is 80.6 Å². The maximum absolute atomic E-state index is 13.8. The fraction of sp³-hybridized carbons (Fsp3) is 0.250. The summed E-state index contributed by atoms with van der Waals surface area (Å²) in [5.41, 5.74) is 12.8. The number of fused-ring (bicyclic) bond motifs is 3. The summed E-state index contributed by atoms with van der Waals surface area (Å²) in [6.45, 7) is 16.5.